The highest BCUT2D eigenvalue weighted by Crippen LogP contribution is 2.23. The zero-order valence-corrected chi connectivity index (χ0v) is 13.5. The normalized spacial score (nSPS) is 22.9. The number of carboxylic acid groups (broad SMARTS) is 1. The van der Waals surface area contributed by atoms with Gasteiger partial charge in [0.15, 0.2) is 0 Å². The van der Waals surface area contributed by atoms with Crippen molar-refractivity contribution in [1.82, 2.24) is 10.2 Å². The van der Waals surface area contributed by atoms with Crippen molar-refractivity contribution in [3.05, 3.63) is 0 Å². The predicted octanol–water partition coefficient (Wildman–Crippen LogP) is 2.23. The Morgan fingerprint density at radius 1 is 1.29 bits per heavy atom. The lowest BCUT2D eigenvalue weighted by Crippen LogP contribution is -2.55. The Morgan fingerprint density at radius 2 is 1.90 bits per heavy atom. The molecule has 0 saturated heterocycles. The summed E-state index contributed by atoms with van der Waals surface area (Å²) in [5, 5.41) is 11.9. The number of alkyl carbamates (subject to hydrolysis) is 1. The number of amides is 1. The fourth-order valence-corrected chi connectivity index (χ4v) is 2.81. The molecule has 1 saturated carbocycles. The summed E-state index contributed by atoms with van der Waals surface area (Å²) in [5.74, 6) is -0.835. The number of nitrogens with zero attached hydrogens (tertiary/aromatic N) is 1. The Kier molecular flexibility index (Phi) is 6.45. The van der Waals surface area contributed by atoms with E-state index in [2.05, 4.69) is 5.32 Å². The molecule has 0 bridgehead atoms. The number of likely N-dealkylation sites (N-methyl/N-ethyl adjacent to an activating group) is 1. The average Bonchev–Trinajstić information content (AvgIpc) is 2.34. The fraction of sp³-hybridized carbons (Fsp3) is 0.867. The molecule has 1 amide bonds. The number of hydrogen-bond acceptors (Lipinski definition) is 4. The fourth-order valence-electron chi connectivity index (χ4n) is 2.81. The van der Waals surface area contributed by atoms with Crippen molar-refractivity contribution in [1.29, 1.82) is 0 Å². The molecule has 6 heteroatoms. The first kappa shape index (κ1) is 17.8. The first-order valence-corrected chi connectivity index (χ1v) is 7.68. The number of hydrogen-bond donors (Lipinski definition) is 2. The second-order valence-corrected chi connectivity index (χ2v) is 6.56. The number of rotatable bonds is 5. The Morgan fingerprint density at radius 3 is 2.43 bits per heavy atom. The van der Waals surface area contributed by atoms with Crippen molar-refractivity contribution in [2.45, 2.75) is 71.1 Å². The molecule has 0 unspecified atom stereocenters. The second kappa shape index (κ2) is 7.64. The number of carbonyl (C=O) groups is 2. The summed E-state index contributed by atoms with van der Waals surface area (Å²) in [6.07, 6.45) is 3.45. The van der Waals surface area contributed by atoms with Crippen LogP contribution < -0.4 is 5.32 Å². The summed E-state index contributed by atoms with van der Waals surface area (Å²) in [5.41, 5.74) is -0.528. The van der Waals surface area contributed by atoms with E-state index in [0.29, 0.717) is 6.54 Å². The first-order chi connectivity index (χ1) is 9.73. The van der Waals surface area contributed by atoms with Gasteiger partial charge in [0, 0.05) is 12.1 Å². The summed E-state index contributed by atoms with van der Waals surface area (Å²) in [4.78, 5) is 24.8. The molecule has 0 spiro atoms. The van der Waals surface area contributed by atoms with Crippen molar-refractivity contribution in [3.8, 4) is 0 Å². The molecular formula is C15H28N2O4. The summed E-state index contributed by atoms with van der Waals surface area (Å²) < 4.78 is 5.30. The monoisotopic (exact) mass is 300 g/mol. The van der Waals surface area contributed by atoms with Crippen molar-refractivity contribution < 1.29 is 19.4 Å². The molecule has 2 atom stereocenters. The van der Waals surface area contributed by atoms with Crippen LogP contribution in [-0.2, 0) is 9.53 Å². The molecule has 0 aliphatic heterocycles. The van der Waals surface area contributed by atoms with Crippen LogP contribution in [-0.4, -0.2) is 52.8 Å². The molecule has 0 aromatic carbocycles. The van der Waals surface area contributed by atoms with Gasteiger partial charge in [-0.25, -0.2) is 4.79 Å². The van der Waals surface area contributed by atoms with Gasteiger partial charge in [0.2, 0.25) is 0 Å². The van der Waals surface area contributed by atoms with Crippen molar-refractivity contribution in [3.63, 3.8) is 0 Å². The van der Waals surface area contributed by atoms with Gasteiger partial charge >= 0.3 is 12.1 Å². The Labute approximate surface area is 126 Å². The Balaban J connectivity index is 2.68. The molecule has 0 radical (unpaired) electrons. The van der Waals surface area contributed by atoms with E-state index in [1.807, 2.05) is 32.6 Å². The van der Waals surface area contributed by atoms with Crippen LogP contribution in [0.1, 0.15) is 53.4 Å². The van der Waals surface area contributed by atoms with Gasteiger partial charge in [-0.2, -0.15) is 0 Å². The summed E-state index contributed by atoms with van der Waals surface area (Å²) >= 11 is 0. The van der Waals surface area contributed by atoms with E-state index in [9.17, 15) is 9.59 Å². The Hall–Kier alpha value is -1.30. The zero-order valence-electron chi connectivity index (χ0n) is 13.5. The summed E-state index contributed by atoms with van der Waals surface area (Å²) in [6.45, 7) is 8.09. The lowest BCUT2D eigenvalue weighted by Gasteiger charge is -2.39. The van der Waals surface area contributed by atoms with Crippen molar-refractivity contribution in [2.24, 2.45) is 0 Å². The van der Waals surface area contributed by atoms with Gasteiger partial charge in [0.1, 0.15) is 5.60 Å². The molecule has 1 aliphatic carbocycles. The molecule has 0 aromatic rings. The maximum absolute atomic E-state index is 11.9. The molecule has 1 aliphatic rings. The maximum Gasteiger partial charge on any atom is 0.407 e. The largest absolute Gasteiger partial charge is 0.480 e. The highest BCUT2D eigenvalue weighted by atomic mass is 16.6. The van der Waals surface area contributed by atoms with Crippen molar-refractivity contribution >= 4 is 12.1 Å². The standard InChI is InChI=1S/C15H28N2O4/c1-5-17(10-13(18)19)12-9-7-6-8-11(12)16-14(20)21-15(2,3)4/h11-12H,5-10H2,1-4H3,(H,16,20)(H,18,19)/t11-,12-/m0/s1. The highest BCUT2D eigenvalue weighted by Gasteiger charge is 2.32. The smallest absolute Gasteiger partial charge is 0.407 e. The van der Waals surface area contributed by atoms with Crippen LogP contribution in [0.5, 0.6) is 0 Å². The van der Waals surface area contributed by atoms with Gasteiger partial charge < -0.3 is 15.2 Å². The molecule has 0 aromatic heterocycles. The second-order valence-electron chi connectivity index (χ2n) is 6.56. The third kappa shape index (κ3) is 6.33. The minimum atomic E-state index is -0.835. The van der Waals surface area contributed by atoms with Crippen LogP contribution in [0, 0.1) is 0 Å². The lowest BCUT2D eigenvalue weighted by atomic mass is 9.89. The lowest BCUT2D eigenvalue weighted by molar-refractivity contribution is -0.139. The molecule has 2 N–H and O–H groups in total. The van der Waals surface area contributed by atoms with Gasteiger partial charge in [-0.05, 0) is 40.2 Å². The minimum absolute atomic E-state index is 0.00760. The van der Waals surface area contributed by atoms with Crippen LogP contribution in [0.2, 0.25) is 0 Å². The van der Waals surface area contributed by atoms with Crippen LogP contribution >= 0.6 is 0 Å². The third-order valence-corrected chi connectivity index (χ3v) is 3.65. The number of carboxylic acids is 1. The van der Waals surface area contributed by atoms with E-state index in [1.54, 1.807) is 0 Å². The molecule has 0 heterocycles. The van der Waals surface area contributed by atoms with Crippen LogP contribution in [0.4, 0.5) is 4.79 Å². The highest BCUT2D eigenvalue weighted by molar-refractivity contribution is 5.69. The topological polar surface area (TPSA) is 78.9 Å². The Bertz CT molecular complexity index is 365. The predicted molar refractivity (Wildman–Crippen MR) is 80.3 cm³/mol. The number of ether oxygens (including phenoxy) is 1. The SMILES string of the molecule is CCN(CC(=O)O)[C@H]1CCCC[C@@H]1NC(=O)OC(C)(C)C. The van der Waals surface area contributed by atoms with Gasteiger partial charge in [0.05, 0.1) is 6.54 Å². The molecule has 6 nitrogen and oxygen atoms in total. The minimum Gasteiger partial charge on any atom is -0.480 e. The third-order valence-electron chi connectivity index (χ3n) is 3.65. The maximum atomic E-state index is 11.9. The van der Waals surface area contributed by atoms with E-state index in [-0.39, 0.29) is 18.6 Å². The van der Waals surface area contributed by atoms with E-state index in [4.69, 9.17) is 9.84 Å². The zero-order chi connectivity index (χ0) is 16.0. The first-order valence-electron chi connectivity index (χ1n) is 7.68. The van der Waals surface area contributed by atoms with Crippen LogP contribution in [0.15, 0.2) is 0 Å². The van der Waals surface area contributed by atoms with Gasteiger partial charge in [-0.15, -0.1) is 0 Å². The van der Waals surface area contributed by atoms with E-state index < -0.39 is 17.7 Å². The number of aliphatic carboxylic acids is 1. The molecule has 1 rings (SSSR count). The van der Waals surface area contributed by atoms with E-state index in [0.717, 1.165) is 25.7 Å². The average molecular weight is 300 g/mol. The van der Waals surface area contributed by atoms with E-state index in [1.165, 1.54) is 0 Å². The van der Waals surface area contributed by atoms with Gasteiger partial charge in [0.25, 0.3) is 0 Å². The molecule has 1 fully saturated rings. The summed E-state index contributed by atoms with van der Waals surface area (Å²) in [6, 6.07) is 0.0141. The van der Waals surface area contributed by atoms with Gasteiger partial charge in [-0.1, -0.05) is 19.8 Å². The van der Waals surface area contributed by atoms with E-state index >= 15 is 0 Å². The molecule has 21 heavy (non-hydrogen) atoms. The number of nitrogens with one attached hydrogen (secondary N) is 1. The van der Waals surface area contributed by atoms with Crippen LogP contribution in [0.3, 0.4) is 0 Å². The van der Waals surface area contributed by atoms with Crippen LogP contribution in [0.25, 0.3) is 0 Å². The molecular weight excluding hydrogens is 272 g/mol. The van der Waals surface area contributed by atoms with Crippen molar-refractivity contribution in [2.75, 3.05) is 13.1 Å². The molecule has 122 valence electrons. The van der Waals surface area contributed by atoms with Gasteiger partial charge in [-0.3, -0.25) is 9.69 Å². The quantitative estimate of drug-likeness (QED) is 0.814. The summed E-state index contributed by atoms with van der Waals surface area (Å²) in [7, 11) is 0. The number of carbonyl (C=O) groups excluding carboxylic acids is 1.